The molecule has 0 saturated heterocycles. The van der Waals surface area contributed by atoms with Crippen LogP contribution in [-0.2, 0) is 14.3 Å². The van der Waals surface area contributed by atoms with Gasteiger partial charge in [0.15, 0.2) is 0 Å². The number of carbonyl (C=O) groups is 2. The molecule has 0 aromatic heterocycles. The molecule has 0 aliphatic carbocycles. The van der Waals surface area contributed by atoms with Crippen molar-refractivity contribution in [2.75, 3.05) is 13.2 Å². The molecule has 0 bridgehead atoms. The smallest absolute Gasteiger partial charge is 0.305 e. The van der Waals surface area contributed by atoms with E-state index in [4.69, 9.17) is 4.74 Å². The van der Waals surface area contributed by atoms with Crippen LogP contribution in [0.4, 0.5) is 0 Å². The summed E-state index contributed by atoms with van der Waals surface area (Å²) in [7, 11) is 0. The van der Waals surface area contributed by atoms with E-state index in [0.717, 1.165) is 38.5 Å². The first-order valence-corrected chi connectivity index (χ1v) is 34.4. The molecule has 0 spiro atoms. The van der Waals surface area contributed by atoms with Crippen LogP contribution in [0.3, 0.4) is 0 Å². The highest BCUT2D eigenvalue weighted by Gasteiger charge is 2.20. The number of esters is 1. The van der Waals surface area contributed by atoms with Gasteiger partial charge in [-0.1, -0.05) is 341 Å². The highest BCUT2D eigenvalue weighted by molar-refractivity contribution is 5.76. The standard InChI is InChI=1S/C69H135NO5/c1-3-5-7-9-11-13-15-17-39-43-47-51-55-59-63-69(74)75-64-60-56-52-48-44-40-36-34-32-30-28-26-24-22-20-18-19-21-23-25-27-29-31-33-35-38-42-46-50-54-58-62-68(73)70-66(65-71)67(72)61-57-53-49-45-41-37-16-14-12-10-8-6-4-2/h20,22,66-67,71-72H,3-19,21,23-65H2,1-2H3,(H,70,73)/b22-20-. The van der Waals surface area contributed by atoms with Gasteiger partial charge in [0, 0.05) is 12.8 Å². The lowest BCUT2D eigenvalue weighted by molar-refractivity contribution is -0.143. The summed E-state index contributed by atoms with van der Waals surface area (Å²) in [4.78, 5) is 24.5. The van der Waals surface area contributed by atoms with Gasteiger partial charge in [-0.05, 0) is 51.4 Å². The number of aliphatic hydroxyl groups excluding tert-OH is 2. The molecule has 2 unspecified atom stereocenters. The number of hydrogen-bond donors (Lipinski definition) is 3. The molecule has 0 aromatic carbocycles. The summed E-state index contributed by atoms with van der Waals surface area (Å²) in [6.07, 6.45) is 79.8. The van der Waals surface area contributed by atoms with Gasteiger partial charge < -0.3 is 20.3 Å². The lowest BCUT2D eigenvalue weighted by Gasteiger charge is -2.22. The second-order valence-corrected chi connectivity index (χ2v) is 23.9. The number of rotatable bonds is 65. The zero-order valence-electron chi connectivity index (χ0n) is 51.1. The lowest BCUT2D eigenvalue weighted by Crippen LogP contribution is -2.45. The fraction of sp³-hybridized carbons (Fsp3) is 0.942. The Labute approximate surface area is 469 Å². The first-order valence-electron chi connectivity index (χ1n) is 34.4. The van der Waals surface area contributed by atoms with Crippen LogP contribution in [-0.4, -0.2) is 47.4 Å². The molecule has 6 heteroatoms. The van der Waals surface area contributed by atoms with Gasteiger partial charge in [-0.3, -0.25) is 9.59 Å². The van der Waals surface area contributed by atoms with Crippen LogP contribution in [0.1, 0.15) is 393 Å². The van der Waals surface area contributed by atoms with E-state index in [1.807, 2.05) is 0 Å². The maximum Gasteiger partial charge on any atom is 0.305 e. The van der Waals surface area contributed by atoms with E-state index in [2.05, 4.69) is 31.3 Å². The van der Waals surface area contributed by atoms with Crippen molar-refractivity contribution in [1.29, 1.82) is 0 Å². The minimum atomic E-state index is -0.661. The third kappa shape index (κ3) is 61.7. The Bertz CT molecular complexity index is 1130. The van der Waals surface area contributed by atoms with Gasteiger partial charge >= 0.3 is 5.97 Å². The molecule has 3 N–H and O–H groups in total. The summed E-state index contributed by atoms with van der Waals surface area (Å²) >= 11 is 0. The molecule has 0 rings (SSSR count). The topological polar surface area (TPSA) is 95.9 Å². The lowest BCUT2D eigenvalue weighted by atomic mass is 10.0. The van der Waals surface area contributed by atoms with E-state index < -0.39 is 12.1 Å². The minimum absolute atomic E-state index is 0.0207. The van der Waals surface area contributed by atoms with Crippen molar-refractivity contribution in [2.24, 2.45) is 0 Å². The van der Waals surface area contributed by atoms with Crippen molar-refractivity contribution in [1.82, 2.24) is 5.32 Å². The minimum Gasteiger partial charge on any atom is -0.466 e. The molecular weight excluding hydrogens is 923 g/mol. The Morgan fingerprint density at radius 2 is 0.627 bits per heavy atom. The van der Waals surface area contributed by atoms with Crippen LogP contribution in [0.5, 0.6) is 0 Å². The average molecular weight is 1060 g/mol. The van der Waals surface area contributed by atoms with Gasteiger partial charge in [0.25, 0.3) is 0 Å². The highest BCUT2D eigenvalue weighted by atomic mass is 16.5. The van der Waals surface area contributed by atoms with Crippen LogP contribution < -0.4 is 5.32 Å². The largest absolute Gasteiger partial charge is 0.466 e. The molecule has 0 saturated carbocycles. The molecule has 6 nitrogen and oxygen atoms in total. The van der Waals surface area contributed by atoms with Gasteiger partial charge in [-0.15, -0.1) is 0 Å². The summed E-state index contributed by atoms with van der Waals surface area (Å²) in [6, 6.07) is -0.538. The van der Waals surface area contributed by atoms with Crippen LogP contribution in [0.25, 0.3) is 0 Å². The third-order valence-electron chi connectivity index (χ3n) is 16.3. The Morgan fingerprint density at radius 1 is 0.360 bits per heavy atom. The summed E-state index contributed by atoms with van der Waals surface area (Å²) in [5.41, 5.74) is 0. The molecule has 2 atom stereocenters. The van der Waals surface area contributed by atoms with E-state index in [1.165, 1.54) is 321 Å². The zero-order valence-corrected chi connectivity index (χ0v) is 51.1. The average Bonchev–Trinajstić information content (AvgIpc) is 3.41. The molecule has 446 valence electrons. The van der Waals surface area contributed by atoms with Crippen LogP contribution in [0.15, 0.2) is 12.2 Å². The Morgan fingerprint density at radius 3 is 0.947 bits per heavy atom. The SMILES string of the molecule is CCCCCCCCCCCCCCCCC(=O)OCCCCCCCCCCCCCC/C=C\CCCCCCCCCCCCCCCCCC(=O)NC(CO)C(O)CCCCCCCCCCCCCCC. The Hall–Kier alpha value is -1.40. The molecule has 0 fully saturated rings. The van der Waals surface area contributed by atoms with Crippen LogP contribution in [0.2, 0.25) is 0 Å². The van der Waals surface area contributed by atoms with Gasteiger partial charge in [0.2, 0.25) is 5.91 Å². The van der Waals surface area contributed by atoms with E-state index in [9.17, 15) is 19.8 Å². The number of unbranched alkanes of at least 4 members (excludes halogenated alkanes) is 52. The number of ether oxygens (including phenoxy) is 1. The molecule has 75 heavy (non-hydrogen) atoms. The maximum atomic E-state index is 12.5. The fourth-order valence-corrected chi connectivity index (χ4v) is 11.1. The maximum absolute atomic E-state index is 12.5. The van der Waals surface area contributed by atoms with Crippen molar-refractivity contribution in [3.05, 3.63) is 12.2 Å². The molecule has 0 radical (unpaired) electrons. The van der Waals surface area contributed by atoms with E-state index in [0.29, 0.717) is 25.9 Å². The fourth-order valence-electron chi connectivity index (χ4n) is 11.1. The Balaban J connectivity index is 3.33. The number of allylic oxidation sites excluding steroid dienone is 2. The van der Waals surface area contributed by atoms with Crippen molar-refractivity contribution in [2.45, 2.75) is 405 Å². The molecule has 0 heterocycles. The molecule has 1 amide bonds. The van der Waals surface area contributed by atoms with Crippen molar-refractivity contribution in [3.8, 4) is 0 Å². The predicted molar refractivity (Wildman–Crippen MR) is 329 cm³/mol. The van der Waals surface area contributed by atoms with Gasteiger partial charge in [-0.2, -0.15) is 0 Å². The third-order valence-corrected chi connectivity index (χ3v) is 16.3. The number of aliphatic hydroxyl groups is 2. The first kappa shape index (κ1) is 73.6. The van der Waals surface area contributed by atoms with Crippen molar-refractivity contribution >= 4 is 11.9 Å². The number of amides is 1. The van der Waals surface area contributed by atoms with E-state index >= 15 is 0 Å². The van der Waals surface area contributed by atoms with Gasteiger partial charge in [0.05, 0.1) is 25.4 Å². The van der Waals surface area contributed by atoms with Gasteiger partial charge in [0.1, 0.15) is 0 Å². The first-order chi connectivity index (χ1) is 37.0. The number of nitrogens with one attached hydrogen (secondary N) is 1. The molecule has 0 aliphatic rings. The summed E-state index contributed by atoms with van der Waals surface area (Å²) in [5, 5.41) is 23.3. The quantitative estimate of drug-likeness (QED) is 0.0320. The van der Waals surface area contributed by atoms with Crippen molar-refractivity contribution < 1.29 is 24.5 Å². The Kier molecular flexibility index (Phi) is 63.9. The van der Waals surface area contributed by atoms with Crippen molar-refractivity contribution in [3.63, 3.8) is 0 Å². The molecular formula is C69H135NO5. The van der Waals surface area contributed by atoms with E-state index in [1.54, 1.807) is 0 Å². The van der Waals surface area contributed by atoms with Crippen LogP contribution >= 0.6 is 0 Å². The predicted octanol–water partition coefficient (Wildman–Crippen LogP) is 22.0. The van der Waals surface area contributed by atoms with Crippen LogP contribution in [0, 0.1) is 0 Å². The highest BCUT2D eigenvalue weighted by Crippen LogP contribution is 2.19. The normalized spacial score (nSPS) is 12.5. The summed E-state index contributed by atoms with van der Waals surface area (Å²) in [6.45, 7) is 4.99. The summed E-state index contributed by atoms with van der Waals surface area (Å²) in [5.74, 6) is -0.00986. The summed E-state index contributed by atoms with van der Waals surface area (Å²) < 4.78 is 5.49. The molecule has 0 aromatic rings. The number of hydrogen-bond acceptors (Lipinski definition) is 5. The van der Waals surface area contributed by atoms with Gasteiger partial charge in [-0.25, -0.2) is 0 Å². The monoisotopic (exact) mass is 1060 g/mol. The van der Waals surface area contributed by atoms with E-state index in [-0.39, 0.29) is 18.5 Å². The second kappa shape index (κ2) is 65.1. The zero-order chi connectivity index (χ0) is 54.3. The molecule has 0 aliphatic heterocycles. The number of carbonyl (C=O) groups excluding carboxylic acids is 2. The second-order valence-electron chi connectivity index (χ2n) is 23.9.